The van der Waals surface area contributed by atoms with Crippen LogP contribution in [0.3, 0.4) is 0 Å². The number of hydrogen-bond acceptors (Lipinski definition) is 2. The van der Waals surface area contributed by atoms with Crippen LogP contribution in [-0.4, -0.2) is 12.1 Å². The molecule has 0 unspecified atom stereocenters. The van der Waals surface area contributed by atoms with Crippen molar-refractivity contribution in [3.05, 3.63) is 22.8 Å². The summed E-state index contributed by atoms with van der Waals surface area (Å²) in [5.74, 6) is 2.01. The van der Waals surface area contributed by atoms with Crippen LogP contribution in [0.25, 0.3) is 0 Å². The summed E-state index contributed by atoms with van der Waals surface area (Å²) < 4.78 is 5.75. The molecule has 1 fully saturated rings. The molecule has 0 bridgehead atoms. The highest BCUT2D eigenvalue weighted by atomic mass is 16.5. The third kappa shape index (κ3) is 1.96. The Kier molecular flexibility index (Phi) is 3.07. The van der Waals surface area contributed by atoms with Gasteiger partial charge in [0.05, 0.1) is 0 Å². The quantitative estimate of drug-likeness (QED) is 0.528. The van der Waals surface area contributed by atoms with Gasteiger partial charge in [0.15, 0.2) is 0 Å². The Morgan fingerprint density at radius 3 is 2.68 bits per heavy atom. The van der Waals surface area contributed by atoms with E-state index in [1.807, 2.05) is 0 Å². The Hall–Kier alpha value is -1.05. The van der Waals surface area contributed by atoms with Crippen LogP contribution in [0, 0.1) is 23.7 Å². The van der Waals surface area contributed by atoms with Gasteiger partial charge in [0, 0.05) is 11.5 Å². The van der Waals surface area contributed by atoms with Crippen molar-refractivity contribution in [2.75, 3.05) is 0 Å². The lowest BCUT2D eigenvalue weighted by Gasteiger charge is -2.41. The maximum atomic E-state index is 12.2. The minimum Gasteiger partial charge on any atom is -0.454 e. The van der Waals surface area contributed by atoms with E-state index in [1.54, 1.807) is 0 Å². The number of carbonyl (C=O) groups excluding carboxylic acids is 1. The SMILES string of the molecule is CC(C)=C[C@@H]1C[C@H](C)[C@H]2CC[C@H](C)C3=C2[C@H]1OC3=O. The van der Waals surface area contributed by atoms with Gasteiger partial charge >= 0.3 is 5.97 Å². The lowest BCUT2D eigenvalue weighted by molar-refractivity contribution is -0.142. The summed E-state index contributed by atoms with van der Waals surface area (Å²) in [6.45, 7) is 8.78. The maximum absolute atomic E-state index is 12.2. The van der Waals surface area contributed by atoms with E-state index in [1.165, 1.54) is 17.6 Å². The van der Waals surface area contributed by atoms with Crippen molar-refractivity contribution in [1.82, 2.24) is 0 Å². The molecule has 0 aromatic carbocycles. The zero-order valence-corrected chi connectivity index (χ0v) is 12.4. The highest BCUT2D eigenvalue weighted by Crippen LogP contribution is 2.51. The van der Waals surface area contributed by atoms with E-state index in [2.05, 4.69) is 33.8 Å². The molecule has 0 aromatic rings. The van der Waals surface area contributed by atoms with E-state index in [0.717, 1.165) is 18.4 Å². The number of ether oxygens (including phenoxy) is 1. The van der Waals surface area contributed by atoms with Crippen molar-refractivity contribution >= 4 is 5.97 Å². The van der Waals surface area contributed by atoms with Crippen molar-refractivity contribution in [2.45, 2.75) is 53.1 Å². The van der Waals surface area contributed by atoms with Crippen molar-refractivity contribution in [3.63, 3.8) is 0 Å². The van der Waals surface area contributed by atoms with E-state index in [-0.39, 0.29) is 12.1 Å². The third-order valence-electron chi connectivity index (χ3n) is 5.14. The van der Waals surface area contributed by atoms with Crippen LogP contribution >= 0.6 is 0 Å². The predicted molar refractivity (Wildman–Crippen MR) is 75.5 cm³/mol. The fourth-order valence-corrected chi connectivity index (χ4v) is 4.35. The summed E-state index contributed by atoms with van der Waals surface area (Å²) in [5.41, 5.74) is 3.72. The van der Waals surface area contributed by atoms with Crippen LogP contribution in [0.1, 0.15) is 47.0 Å². The van der Waals surface area contributed by atoms with E-state index in [9.17, 15) is 4.79 Å². The van der Waals surface area contributed by atoms with Gasteiger partial charge in [-0.1, -0.05) is 25.5 Å². The Morgan fingerprint density at radius 2 is 2.00 bits per heavy atom. The zero-order valence-electron chi connectivity index (χ0n) is 12.4. The Bertz CT molecular complexity index is 468. The number of esters is 1. The second-order valence-corrected chi connectivity index (χ2v) is 6.90. The lowest BCUT2D eigenvalue weighted by atomic mass is 9.63. The van der Waals surface area contributed by atoms with Crippen molar-refractivity contribution in [2.24, 2.45) is 23.7 Å². The molecule has 104 valence electrons. The Morgan fingerprint density at radius 1 is 1.26 bits per heavy atom. The van der Waals surface area contributed by atoms with Gasteiger partial charge in [-0.05, 0) is 56.4 Å². The van der Waals surface area contributed by atoms with E-state index < -0.39 is 0 Å². The van der Waals surface area contributed by atoms with Crippen LogP contribution in [0.5, 0.6) is 0 Å². The smallest absolute Gasteiger partial charge is 0.335 e. The fraction of sp³-hybridized carbons (Fsp3) is 0.706. The van der Waals surface area contributed by atoms with Crippen LogP contribution < -0.4 is 0 Å². The summed E-state index contributed by atoms with van der Waals surface area (Å²) >= 11 is 0. The fourth-order valence-electron chi connectivity index (χ4n) is 4.35. The molecule has 0 amide bonds. The van der Waals surface area contributed by atoms with Crippen molar-refractivity contribution in [3.8, 4) is 0 Å². The first-order valence-corrected chi connectivity index (χ1v) is 7.59. The molecule has 3 rings (SSSR count). The summed E-state index contributed by atoms with van der Waals surface area (Å²) in [5, 5.41) is 0. The number of hydrogen-bond donors (Lipinski definition) is 0. The van der Waals surface area contributed by atoms with Gasteiger partial charge in [-0.15, -0.1) is 0 Å². The standard InChI is InChI=1S/C17H24O2/c1-9(2)7-12-8-11(4)13-6-5-10(3)14-15(13)16(12)19-17(14)18/h7,10-13,16H,5-6,8H2,1-4H3/t10-,11-,12+,13+,16-/m0/s1. The van der Waals surface area contributed by atoms with Gasteiger partial charge in [0.2, 0.25) is 0 Å². The van der Waals surface area contributed by atoms with Crippen LogP contribution in [0.4, 0.5) is 0 Å². The molecule has 0 saturated heterocycles. The molecule has 1 saturated carbocycles. The zero-order chi connectivity index (χ0) is 13.7. The van der Waals surface area contributed by atoms with Gasteiger partial charge in [-0.2, -0.15) is 0 Å². The summed E-state index contributed by atoms with van der Waals surface area (Å²) in [7, 11) is 0. The second-order valence-electron chi connectivity index (χ2n) is 6.90. The predicted octanol–water partition coefficient (Wildman–Crippen LogP) is 3.88. The minimum atomic E-state index is -0.0292. The van der Waals surface area contributed by atoms with Crippen LogP contribution in [0.2, 0.25) is 0 Å². The first-order chi connectivity index (χ1) is 8.99. The molecule has 1 aliphatic heterocycles. The minimum absolute atomic E-state index is 0.0292. The largest absolute Gasteiger partial charge is 0.454 e. The number of rotatable bonds is 1. The van der Waals surface area contributed by atoms with E-state index in [4.69, 9.17) is 4.74 Å². The maximum Gasteiger partial charge on any atom is 0.335 e. The Labute approximate surface area is 115 Å². The van der Waals surface area contributed by atoms with Crippen molar-refractivity contribution in [1.29, 1.82) is 0 Å². The molecule has 5 atom stereocenters. The molecule has 2 aliphatic carbocycles. The van der Waals surface area contributed by atoms with Crippen LogP contribution in [0.15, 0.2) is 22.8 Å². The highest BCUT2D eigenvalue weighted by molar-refractivity contribution is 5.93. The normalized spacial score (nSPS) is 40.8. The molecule has 0 radical (unpaired) electrons. The monoisotopic (exact) mass is 260 g/mol. The first kappa shape index (κ1) is 13.0. The molecule has 0 spiro atoms. The molecule has 0 aromatic heterocycles. The van der Waals surface area contributed by atoms with Crippen LogP contribution in [-0.2, 0) is 9.53 Å². The number of allylic oxidation sites excluding steroid dienone is 1. The third-order valence-corrected chi connectivity index (χ3v) is 5.14. The molecular formula is C17H24O2. The molecule has 1 heterocycles. The molecule has 3 aliphatic rings. The second kappa shape index (κ2) is 4.50. The molecule has 19 heavy (non-hydrogen) atoms. The van der Waals surface area contributed by atoms with Gasteiger partial charge in [0.1, 0.15) is 6.10 Å². The molecule has 2 nitrogen and oxygen atoms in total. The van der Waals surface area contributed by atoms with Gasteiger partial charge in [0.25, 0.3) is 0 Å². The average molecular weight is 260 g/mol. The molecule has 0 N–H and O–H groups in total. The van der Waals surface area contributed by atoms with E-state index in [0.29, 0.717) is 23.7 Å². The Balaban J connectivity index is 2.04. The summed E-state index contributed by atoms with van der Waals surface area (Å²) in [6.07, 6.45) is 5.87. The number of carbonyl (C=O) groups is 1. The van der Waals surface area contributed by atoms with Gasteiger partial charge in [-0.3, -0.25) is 0 Å². The average Bonchev–Trinajstić information content (AvgIpc) is 2.66. The molecular weight excluding hydrogens is 236 g/mol. The summed E-state index contributed by atoms with van der Waals surface area (Å²) in [6, 6.07) is 0. The van der Waals surface area contributed by atoms with Crippen molar-refractivity contribution < 1.29 is 9.53 Å². The van der Waals surface area contributed by atoms with E-state index >= 15 is 0 Å². The van der Waals surface area contributed by atoms with Gasteiger partial charge in [-0.25, -0.2) is 4.79 Å². The topological polar surface area (TPSA) is 26.3 Å². The lowest BCUT2D eigenvalue weighted by Crippen LogP contribution is -2.37. The summed E-state index contributed by atoms with van der Waals surface area (Å²) in [4.78, 5) is 12.2. The molecule has 2 heteroatoms. The van der Waals surface area contributed by atoms with Gasteiger partial charge < -0.3 is 4.74 Å². The highest BCUT2D eigenvalue weighted by Gasteiger charge is 2.49. The first-order valence-electron chi connectivity index (χ1n) is 7.59.